The third-order valence-corrected chi connectivity index (χ3v) is 6.05. The van der Waals surface area contributed by atoms with Gasteiger partial charge in [0.25, 0.3) is 5.91 Å². The Labute approximate surface area is 180 Å². The first-order valence-corrected chi connectivity index (χ1v) is 10.7. The van der Waals surface area contributed by atoms with E-state index in [2.05, 4.69) is 5.32 Å². The molecule has 2 fully saturated rings. The van der Waals surface area contributed by atoms with E-state index in [1.54, 1.807) is 0 Å². The molecule has 2 heterocycles. The Balaban J connectivity index is 1.52. The predicted octanol–water partition coefficient (Wildman–Crippen LogP) is 3.92. The van der Waals surface area contributed by atoms with Gasteiger partial charge in [0.2, 0.25) is 5.91 Å². The van der Waals surface area contributed by atoms with Crippen molar-refractivity contribution >= 4 is 17.5 Å². The van der Waals surface area contributed by atoms with E-state index in [1.165, 1.54) is 13.0 Å². The maximum absolute atomic E-state index is 12.8. The Morgan fingerprint density at radius 2 is 1.97 bits per heavy atom. The van der Waals surface area contributed by atoms with Crippen LogP contribution in [0.2, 0.25) is 0 Å². The SMILES string of the molecule is CCOCCC(=O)N1CCC2(CCC(C(=O)Nc3ccc(C(F)(F)F)cc3C)O2)CC1. The van der Waals surface area contributed by atoms with Crippen molar-refractivity contribution in [1.29, 1.82) is 0 Å². The molecule has 2 aliphatic heterocycles. The minimum Gasteiger partial charge on any atom is -0.381 e. The molecule has 0 radical (unpaired) electrons. The van der Waals surface area contributed by atoms with E-state index in [4.69, 9.17) is 9.47 Å². The van der Waals surface area contributed by atoms with Crippen molar-refractivity contribution in [3.63, 3.8) is 0 Å². The number of piperidine rings is 1. The molecule has 1 spiro atoms. The third-order valence-electron chi connectivity index (χ3n) is 6.05. The normalized spacial score (nSPS) is 20.8. The number of nitrogens with zero attached hydrogens (tertiary/aromatic N) is 1. The number of amides is 2. The topological polar surface area (TPSA) is 67.9 Å². The highest BCUT2D eigenvalue weighted by Gasteiger charge is 2.45. The Hall–Kier alpha value is -2.13. The second-order valence-corrected chi connectivity index (χ2v) is 8.17. The van der Waals surface area contributed by atoms with E-state index in [-0.39, 0.29) is 11.8 Å². The number of benzene rings is 1. The molecule has 2 amide bonds. The lowest BCUT2D eigenvalue weighted by Crippen LogP contribution is -2.47. The summed E-state index contributed by atoms with van der Waals surface area (Å²) in [5.74, 6) is -0.289. The van der Waals surface area contributed by atoms with Crippen molar-refractivity contribution in [3.8, 4) is 0 Å². The van der Waals surface area contributed by atoms with Crippen LogP contribution in [0.3, 0.4) is 0 Å². The summed E-state index contributed by atoms with van der Waals surface area (Å²) in [6.45, 7) is 5.57. The molecule has 172 valence electrons. The fraction of sp³-hybridized carbons (Fsp3) is 0.636. The maximum atomic E-state index is 12.8. The van der Waals surface area contributed by atoms with E-state index in [0.717, 1.165) is 18.6 Å². The van der Waals surface area contributed by atoms with Crippen LogP contribution < -0.4 is 5.32 Å². The molecule has 3 rings (SSSR count). The molecule has 9 heteroatoms. The number of hydrogen-bond acceptors (Lipinski definition) is 4. The number of likely N-dealkylation sites (tertiary alicyclic amines) is 1. The molecule has 0 saturated carbocycles. The fourth-order valence-electron chi connectivity index (χ4n) is 4.19. The fourth-order valence-corrected chi connectivity index (χ4v) is 4.19. The molecule has 1 aromatic carbocycles. The molecule has 0 aliphatic carbocycles. The number of anilines is 1. The average molecular weight is 442 g/mol. The molecule has 1 unspecified atom stereocenters. The van der Waals surface area contributed by atoms with Gasteiger partial charge in [0.15, 0.2) is 0 Å². The molecule has 0 aromatic heterocycles. The van der Waals surface area contributed by atoms with Gasteiger partial charge in [-0.2, -0.15) is 13.2 Å². The van der Waals surface area contributed by atoms with Gasteiger partial charge in [0.05, 0.1) is 24.2 Å². The van der Waals surface area contributed by atoms with Crippen molar-refractivity contribution in [1.82, 2.24) is 4.90 Å². The van der Waals surface area contributed by atoms with Crippen LogP contribution in [0, 0.1) is 6.92 Å². The quantitative estimate of drug-likeness (QED) is 0.679. The minimum absolute atomic E-state index is 0.0633. The van der Waals surface area contributed by atoms with Gasteiger partial charge in [0.1, 0.15) is 6.10 Å². The van der Waals surface area contributed by atoms with Gasteiger partial charge < -0.3 is 19.7 Å². The van der Waals surface area contributed by atoms with Crippen molar-refractivity contribution in [2.24, 2.45) is 0 Å². The van der Waals surface area contributed by atoms with Crippen LogP contribution >= 0.6 is 0 Å². The summed E-state index contributed by atoms with van der Waals surface area (Å²) in [7, 11) is 0. The number of ether oxygens (including phenoxy) is 2. The van der Waals surface area contributed by atoms with Crippen molar-refractivity contribution in [2.45, 2.75) is 63.8 Å². The standard InChI is InChI=1S/C22H29F3N2O4/c1-3-30-13-7-19(28)27-11-9-21(10-12-27)8-6-18(31-21)20(29)26-17-5-4-16(14-15(17)2)22(23,24)25/h4-5,14,18H,3,6-13H2,1-2H3,(H,26,29). The van der Waals surface area contributed by atoms with E-state index in [9.17, 15) is 22.8 Å². The lowest BCUT2D eigenvalue weighted by molar-refractivity contribution is -0.144. The molecule has 2 aliphatic rings. The first-order valence-electron chi connectivity index (χ1n) is 10.7. The first kappa shape index (κ1) is 23.5. The van der Waals surface area contributed by atoms with E-state index >= 15 is 0 Å². The molecule has 1 atom stereocenters. The number of alkyl halides is 3. The Morgan fingerprint density at radius 3 is 2.58 bits per heavy atom. The zero-order chi connectivity index (χ0) is 22.6. The van der Waals surface area contributed by atoms with Crippen LogP contribution in [0.25, 0.3) is 0 Å². The van der Waals surface area contributed by atoms with Gasteiger partial charge in [-0.1, -0.05) is 0 Å². The van der Waals surface area contributed by atoms with Crippen LogP contribution in [0.4, 0.5) is 18.9 Å². The number of aryl methyl sites for hydroxylation is 1. The highest BCUT2D eigenvalue weighted by Crippen LogP contribution is 2.39. The number of hydrogen-bond donors (Lipinski definition) is 1. The molecular formula is C22H29F3N2O4. The van der Waals surface area contributed by atoms with Crippen molar-refractivity contribution < 1.29 is 32.2 Å². The number of nitrogens with one attached hydrogen (secondary N) is 1. The van der Waals surface area contributed by atoms with Gasteiger partial charge >= 0.3 is 6.18 Å². The Morgan fingerprint density at radius 1 is 1.26 bits per heavy atom. The van der Waals surface area contributed by atoms with Gasteiger partial charge in [-0.3, -0.25) is 9.59 Å². The molecule has 6 nitrogen and oxygen atoms in total. The Kier molecular flexibility index (Phi) is 7.26. The summed E-state index contributed by atoms with van der Waals surface area (Å²) in [6, 6.07) is 3.25. The van der Waals surface area contributed by atoms with Crippen LogP contribution in [0.5, 0.6) is 0 Å². The van der Waals surface area contributed by atoms with Gasteiger partial charge in [-0.15, -0.1) is 0 Å². The number of carbonyl (C=O) groups is 2. The van der Waals surface area contributed by atoms with E-state index < -0.39 is 23.4 Å². The highest BCUT2D eigenvalue weighted by atomic mass is 19.4. The summed E-state index contributed by atoms with van der Waals surface area (Å²) in [5.41, 5.74) is -0.484. The molecule has 2 saturated heterocycles. The van der Waals surface area contributed by atoms with Crippen LogP contribution in [-0.2, 0) is 25.2 Å². The molecular weight excluding hydrogens is 413 g/mol. The van der Waals surface area contributed by atoms with E-state index in [0.29, 0.717) is 63.2 Å². The maximum Gasteiger partial charge on any atom is 0.416 e. The summed E-state index contributed by atoms with van der Waals surface area (Å²) in [6.07, 6.45) is -2.12. The van der Waals surface area contributed by atoms with Crippen LogP contribution in [0.15, 0.2) is 18.2 Å². The third kappa shape index (κ3) is 5.77. The molecule has 1 aromatic rings. The first-order chi connectivity index (χ1) is 14.6. The van der Waals surface area contributed by atoms with Crippen LogP contribution in [0.1, 0.15) is 50.2 Å². The van der Waals surface area contributed by atoms with Crippen molar-refractivity contribution in [2.75, 3.05) is 31.6 Å². The summed E-state index contributed by atoms with van der Waals surface area (Å²) >= 11 is 0. The monoisotopic (exact) mass is 442 g/mol. The largest absolute Gasteiger partial charge is 0.416 e. The van der Waals surface area contributed by atoms with Gasteiger partial charge in [-0.25, -0.2) is 0 Å². The highest BCUT2D eigenvalue weighted by molar-refractivity contribution is 5.95. The number of rotatable bonds is 6. The Bertz CT molecular complexity index is 804. The van der Waals surface area contributed by atoms with Crippen molar-refractivity contribution in [3.05, 3.63) is 29.3 Å². The van der Waals surface area contributed by atoms with Gasteiger partial charge in [-0.05, 0) is 63.3 Å². The minimum atomic E-state index is -4.42. The zero-order valence-corrected chi connectivity index (χ0v) is 17.9. The predicted molar refractivity (Wildman–Crippen MR) is 109 cm³/mol. The lowest BCUT2D eigenvalue weighted by atomic mass is 9.88. The number of carbonyl (C=O) groups excluding carboxylic acids is 2. The molecule has 31 heavy (non-hydrogen) atoms. The summed E-state index contributed by atoms with van der Waals surface area (Å²) in [4.78, 5) is 26.7. The molecule has 0 bridgehead atoms. The lowest BCUT2D eigenvalue weighted by Gasteiger charge is -2.39. The van der Waals surface area contributed by atoms with E-state index in [1.807, 2.05) is 11.8 Å². The smallest absolute Gasteiger partial charge is 0.381 e. The number of halogens is 3. The summed E-state index contributed by atoms with van der Waals surface area (Å²) in [5, 5.41) is 2.70. The average Bonchev–Trinajstić information content (AvgIpc) is 3.13. The second kappa shape index (κ2) is 9.56. The molecule has 1 N–H and O–H groups in total. The zero-order valence-electron chi connectivity index (χ0n) is 17.9. The van der Waals surface area contributed by atoms with Gasteiger partial charge in [0, 0.05) is 25.4 Å². The second-order valence-electron chi connectivity index (χ2n) is 8.17. The summed E-state index contributed by atoms with van der Waals surface area (Å²) < 4.78 is 49.8. The van der Waals surface area contributed by atoms with Crippen LogP contribution in [-0.4, -0.2) is 54.7 Å².